The van der Waals surface area contributed by atoms with Gasteiger partial charge in [0.2, 0.25) is 0 Å². The van der Waals surface area contributed by atoms with Crippen molar-refractivity contribution in [2.24, 2.45) is 0 Å². The first-order valence-electron chi connectivity index (χ1n) is 10.0. The summed E-state index contributed by atoms with van der Waals surface area (Å²) in [4.78, 5) is 17.6. The Morgan fingerprint density at radius 2 is 1.90 bits per heavy atom. The van der Waals surface area contributed by atoms with Gasteiger partial charge in [-0.1, -0.05) is 0 Å². The second kappa shape index (κ2) is 6.67. The first-order chi connectivity index (χ1) is 14.8. The molecule has 1 aliphatic rings. The highest BCUT2D eigenvalue weighted by Crippen LogP contribution is 2.33. The van der Waals surface area contributed by atoms with Crippen molar-refractivity contribution >= 4 is 27.6 Å². The van der Waals surface area contributed by atoms with Gasteiger partial charge in [-0.25, -0.2) is 4.98 Å². The third kappa shape index (κ3) is 2.74. The zero-order chi connectivity index (χ0) is 20.1. The number of hydrogen-bond acceptors (Lipinski definition) is 6. The number of nitrogens with zero attached hydrogens (tertiary/aromatic N) is 6. The summed E-state index contributed by atoms with van der Waals surface area (Å²) in [7, 11) is 2.16. The van der Waals surface area contributed by atoms with Crippen molar-refractivity contribution < 1.29 is 0 Å². The van der Waals surface area contributed by atoms with Crippen LogP contribution in [0.25, 0.3) is 44.6 Å². The van der Waals surface area contributed by atoms with Crippen LogP contribution in [0.4, 0.5) is 5.69 Å². The molecular weight excluding hydrogens is 378 g/mol. The van der Waals surface area contributed by atoms with Crippen molar-refractivity contribution in [3.8, 4) is 22.6 Å². The summed E-state index contributed by atoms with van der Waals surface area (Å²) in [6, 6.07) is 6.13. The van der Waals surface area contributed by atoms with Crippen LogP contribution in [0.3, 0.4) is 0 Å². The number of anilines is 1. The number of rotatable bonds is 3. The average Bonchev–Trinajstić information content (AvgIpc) is 3.52. The summed E-state index contributed by atoms with van der Waals surface area (Å²) >= 11 is 0. The van der Waals surface area contributed by atoms with Crippen molar-refractivity contribution in [1.82, 2.24) is 40.2 Å². The SMILES string of the molecule is CN1CCN(c2cncc3[nH]c(-c4n[nH]c5ccc(-c6cn[nH]c6)nc45)cc23)CC1. The number of hydrogen-bond donors (Lipinski definition) is 3. The lowest BCUT2D eigenvalue weighted by Gasteiger charge is -2.34. The van der Waals surface area contributed by atoms with E-state index in [4.69, 9.17) is 4.98 Å². The first kappa shape index (κ1) is 17.2. The summed E-state index contributed by atoms with van der Waals surface area (Å²) in [5, 5.41) is 15.7. The molecule has 9 nitrogen and oxygen atoms in total. The topological polar surface area (TPSA) is 105 Å². The molecule has 0 aromatic carbocycles. The number of nitrogens with one attached hydrogen (secondary N) is 3. The van der Waals surface area contributed by atoms with Crippen LogP contribution in [0.15, 0.2) is 43.0 Å². The van der Waals surface area contributed by atoms with Crippen LogP contribution in [0.2, 0.25) is 0 Å². The van der Waals surface area contributed by atoms with Gasteiger partial charge in [0, 0.05) is 43.3 Å². The molecule has 1 fully saturated rings. The van der Waals surface area contributed by atoms with Crippen molar-refractivity contribution in [3.63, 3.8) is 0 Å². The maximum absolute atomic E-state index is 4.84. The smallest absolute Gasteiger partial charge is 0.135 e. The lowest BCUT2D eigenvalue weighted by atomic mass is 10.2. The molecule has 0 saturated carbocycles. The van der Waals surface area contributed by atoms with Gasteiger partial charge < -0.3 is 14.8 Å². The van der Waals surface area contributed by atoms with Crippen LogP contribution in [0.1, 0.15) is 0 Å². The minimum absolute atomic E-state index is 0.802. The van der Waals surface area contributed by atoms with Gasteiger partial charge >= 0.3 is 0 Å². The van der Waals surface area contributed by atoms with Crippen LogP contribution in [0, 0.1) is 0 Å². The highest BCUT2D eigenvalue weighted by Gasteiger charge is 2.19. The summed E-state index contributed by atoms with van der Waals surface area (Å²) < 4.78 is 0. The highest BCUT2D eigenvalue weighted by molar-refractivity contribution is 5.98. The van der Waals surface area contributed by atoms with Crippen molar-refractivity contribution in [2.75, 3.05) is 38.1 Å². The molecule has 0 bridgehead atoms. The maximum atomic E-state index is 4.84. The molecule has 0 spiro atoms. The third-order valence-corrected chi connectivity index (χ3v) is 5.83. The van der Waals surface area contributed by atoms with E-state index in [2.05, 4.69) is 53.3 Å². The monoisotopic (exact) mass is 399 g/mol. The predicted octanol–water partition coefficient (Wildman–Crippen LogP) is 2.64. The van der Waals surface area contributed by atoms with E-state index in [-0.39, 0.29) is 0 Å². The Morgan fingerprint density at radius 3 is 2.73 bits per heavy atom. The molecule has 0 radical (unpaired) electrons. The molecule has 0 amide bonds. The first-order valence-corrected chi connectivity index (χ1v) is 10.0. The van der Waals surface area contributed by atoms with E-state index in [0.717, 1.165) is 76.4 Å². The summed E-state index contributed by atoms with van der Waals surface area (Å²) in [5.41, 5.74) is 7.42. The van der Waals surface area contributed by atoms with Gasteiger partial charge in [0.1, 0.15) is 11.2 Å². The standard InChI is InChI=1S/C21H21N9/c1-29-4-6-30(7-5-29)19-12-22-11-18-14(19)8-17(25-18)21-20-16(27-28-21)3-2-15(26-20)13-9-23-24-10-13/h2-3,8-12,25H,4-7H2,1H3,(H,23,24)(H,27,28). The minimum Gasteiger partial charge on any atom is -0.367 e. The molecule has 6 rings (SSSR count). The van der Waals surface area contributed by atoms with E-state index in [1.165, 1.54) is 0 Å². The Labute approximate surface area is 172 Å². The minimum atomic E-state index is 0.802. The number of aromatic amines is 3. The van der Waals surface area contributed by atoms with Crippen LogP contribution in [0.5, 0.6) is 0 Å². The van der Waals surface area contributed by atoms with E-state index in [1.807, 2.05) is 30.7 Å². The van der Waals surface area contributed by atoms with E-state index in [1.54, 1.807) is 6.20 Å². The Balaban J connectivity index is 1.45. The van der Waals surface area contributed by atoms with Gasteiger partial charge in [0.15, 0.2) is 0 Å². The molecule has 6 heterocycles. The Kier molecular flexibility index (Phi) is 3.81. The Morgan fingerprint density at radius 1 is 1.00 bits per heavy atom. The lowest BCUT2D eigenvalue weighted by molar-refractivity contribution is 0.313. The van der Waals surface area contributed by atoms with E-state index >= 15 is 0 Å². The number of aromatic nitrogens is 7. The molecule has 0 unspecified atom stereocenters. The van der Waals surface area contributed by atoms with Crippen LogP contribution in [-0.4, -0.2) is 73.5 Å². The molecule has 0 atom stereocenters. The fraction of sp³-hybridized carbons (Fsp3) is 0.238. The Bertz CT molecular complexity index is 1320. The zero-order valence-corrected chi connectivity index (χ0v) is 16.6. The number of pyridine rings is 2. The van der Waals surface area contributed by atoms with Gasteiger partial charge in [-0.05, 0) is 25.2 Å². The molecular formula is C21H21N9. The molecule has 1 aliphatic heterocycles. The fourth-order valence-electron chi connectivity index (χ4n) is 4.10. The lowest BCUT2D eigenvalue weighted by Crippen LogP contribution is -2.44. The average molecular weight is 399 g/mol. The third-order valence-electron chi connectivity index (χ3n) is 5.83. The molecule has 1 saturated heterocycles. The number of fused-ring (bicyclic) bond motifs is 2. The Hall–Kier alpha value is -3.72. The van der Waals surface area contributed by atoms with Crippen LogP contribution < -0.4 is 4.90 Å². The number of likely N-dealkylation sites (N-methyl/N-ethyl adjacent to an activating group) is 1. The maximum Gasteiger partial charge on any atom is 0.135 e. The van der Waals surface area contributed by atoms with Gasteiger partial charge in [-0.15, -0.1) is 0 Å². The van der Waals surface area contributed by atoms with Gasteiger partial charge in [-0.2, -0.15) is 10.2 Å². The summed E-state index contributed by atoms with van der Waals surface area (Å²) in [6.45, 7) is 4.11. The second-order valence-electron chi connectivity index (χ2n) is 7.75. The molecule has 3 N–H and O–H groups in total. The molecule has 0 aliphatic carbocycles. The van der Waals surface area contributed by atoms with Crippen molar-refractivity contribution in [2.45, 2.75) is 0 Å². The zero-order valence-electron chi connectivity index (χ0n) is 16.6. The van der Waals surface area contributed by atoms with Crippen molar-refractivity contribution in [1.29, 1.82) is 0 Å². The molecule has 150 valence electrons. The largest absolute Gasteiger partial charge is 0.367 e. The fourth-order valence-corrected chi connectivity index (χ4v) is 4.10. The van der Waals surface area contributed by atoms with Crippen molar-refractivity contribution in [3.05, 3.63) is 43.0 Å². The summed E-state index contributed by atoms with van der Waals surface area (Å²) in [5.74, 6) is 0. The summed E-state index contributed by atoms with van der Waals surface area (Å²) in [6.07, 6.45) is 7.44. The number of H-pyrrole nitrogens is 3. The molecule has 5 aromatic rings. The molecule has 5 aromatic heterocycles. The quantitative estimate of drug-likeness (QED) is 0.431. The van der Waals surface area contributed by atoms with Crippen LogP contribution >= 0.6 is 0 Å². The second-order valence-corrected chi connectivity index (χ2v) is 7.75. The molecule has 9 heteroatoms. The van der Waals surface area contributed by atoms with E-state index in [0.29, 0.717) is 0 Å². The van der Waals surface area contributed by atoms with Gasteiger partial charge in [-0.3, -0.25) is 15.2 Å². The van der Waals surface area contributed by atoms with Crippen LogP contribution in [-0.2, 0) is 0 Å². The van der Waals surface area contributed by atoms with E-state index in [9.17, 15) is 0 Å². The highest BCUT2D eigenvalue weighted by atomic mass is 15.3. The normalized spacial score (nSPS) is 15.4. The van der Waals surface area contributed by atoms with Gasteiger partial charge in [0.25, 0.3) is 0 Å². The number of piperazine rings is 1. The van der Waals surface area contributed by atoms with E-state index < -0.39 is 0 Å². The van der Waals surface area contributed by atoms with Gasteiger partial charge in [0.05, 0.1) is 46.7 Å². The molecule has 30 heavy (non-hydrogen) atoms. The predicted molar refractivity (Wildman–Crippen MR) is 116 cm³/mol.